The lowest BCUT2D eigenvalue weighted by Gasteiger charge is -2.09. The van der Waals surface area contributed by atoms with E-state index in [4.69, 9.17) is 9.47 Å². The first-order valence-electron chi connectivity index (χ1n) is 5.37. The highest BCUT2D eigenvalue weighted by Crippen LogP contribution is 2.06. The van der Waals surface area contributed by atoms with E-state index in [9.17, 15) is 4.79 Å². The van der Waals surface area contributed by atoms with Gasteiger partial charge in [-0.2, -0.15) is 0 Å². The second kappa shape index (κ2) is 7.62. The molecule has 1 atom stereocenters. The summed E-state index contributed by atoms with van der Waals surface area (Å²) in [6.07, 6.45) is 1.14. The van der Waals surface area contributed by atoms with Crippen LogP contribution in [-0.4, -0.2) is 52.5 Å². The first-order chi connectivity index (χ1) is 7.33. The third kappa shape index (κ3) is 5.71. The predicted molar refractivity (Wildman–Crippen MR) is 56.7 cm³/mol. The fourth-order valence-electron chi connectivity index (χ4n) is 1.52. The van der Waals surface area contributed by atoms with Gasteiger partial charge in [0.25, 0.3) is 0 Å². The lowest BCUT2D eigenvalue weighted by atomic mass is 10.1. The second-order valence-electron chi connectivity index (χ2n) is 3.72. The molecule has 1 heterocycles. The number of ether oxygens (including phenoxy) is 2. The quantitative estimate of drug-likeness (QED) is 0.557. The standard InChI is InChI=1S/C10H20N2O3/c1-14-5-4-12-10(13)8-15-7-9-2-3-11-6-9/h9,11H,2-8H2,1H3,(H,12,13). The van der Waals surface area contributed by atoms with Crippen molar-refractivity contribution in [3.8, 4) is 0 Å². The highest BCUT2D eigenvalue weighted by Gasteiger charge is 2.14. The van der Waals surface area contributed by atoms with Gasteiger partial charge in [-0.05, 0) is 18.9 Å². The average molecular weight is 216 g/mol. The number of rotatable bonds is 7. The molecule has 1 unspecified atom stereocenters. The molecule has 2 N–H and O–H groups in total. The Labute approximate surface area is 90.5 Å². The summed E-state index contributed by atoms with van der Waals surface area (Å²) in [4.78, 5) is 11.2. The summed E-state index contributed by atoms with van der Waals surface area (Å²) in [5.41, 5.74) is 0. The molecular formula is C10H20N2O3. The van der Waals surface area contributed by atoms with E-state index < -0.39 is 0 Å². The molecule has 0 aromatic rings. The van der Waals surface area contributed by atoms with Crippen LogP contribution in [0.15, 0.2) is 0 Å². The number of amides is 1. The van der Waals surface area contributed by atoms with Crippen LogP contribution < -0.4 is 10.6 Å². The third-order valence-electron chi connectivity index (χ3n) is 2.38. The fraction of sp³-hybridized carbons (Fsp3) is 0.900. The first-order valence-corrected chi connectivity index (χ1v) is 5.37. The van der Waals surface area contributed by atoms with Crippen LogP contribution in [0.4, 0.5) is 0 Å². The number of hydrogen-bond acceptors (Lipinski definition) is 4. The topological polar surface area (TPSA) is 59.6 Å². The molecule has 15 heavy (non-hydrogen) atoms. The van der Waals surface area contributed by atoms with E-state index in [1.165, 1.54) is 0 Å². The van der Waals surface area contributed by atoms with Gasteiger partial charge in [0.05, 0.1) is 13.2 Å². The molecular weight excluding hydrogens is 196 g/mol. The molecule has 5 heteroatoms. The molecule has 1 saturated heterocycles. The molecule has 0 aliphatic carbocycles. The average Bonchev–Trinajstić information content (AvgIpc) is 2.71. The summed E-state index contributed by atoms with van der Waals surface area (Å²) in [6, 6.07) is 0. The SMILES string of the molecule is COCCNC(=O)COCC1CCNC1. The Morgan fingerprint density at radius 3 is 3.13 bits per heavy atom. The number of carbonyl (C=O) groups is 1. The van der Waals surface area contributed by atoms with Crippen LogP contribution in [0.5, 0.6) is 0 Å². The van der Waals surface area contributed by atoms with Crippen molar-refractivity contribution in [3.05, 3.63) is 0 Å². The van der Waals surface area contributed by atoms with E-state index in [0.717, 1.165) is 19.5 Å². The van der Waals surface area contributed by atoms with Crippen molar-refractivity contribution in [2.75, 3.05) is 46.6 Å². The van der Waals surface area contributed by atoms with Gasteiger partial charge in [-0.1, -0.05) is 0 Å². The van der Waals surface area contributed by atoms with E-state index in [1.54, 1.807) is 7.11 Å². The van der Waals surface area contributed by atoms with E-state index in [-0.39, 0.29) is 12.5 Å². The molecule has 0 aromatic heterocycles. The Kier molecular flexibility index (Phi) is 6.31. The van der Waals surface area contributed by atoms with Crippen molar-refractivity contribution in [1.82, 2.24) is 10.6 Å². The Hall–Kier alpha value is -0.650. The van der Waals surface area contributed by atoms with Gasteiger partial charge >= 0.3 is 0 Å². The Morgan fingerprint density at radius 1 is 1.60 bits per heavy atom. The zero-order valence-electron chi connectivity index (χ0n) is 9.25. The molecule has 1 fully saturated rings. The summed E-state index contributed by atoms with van der Waals surface area (Å²) in [6.45, 7) is 3.98. The van der Waals surface area contributed by atoms with Crippen LogP contribution in [0, 0.1) is 5.92 Å². The maximum Gasteiger partial charge on any atom is 0.246 e. The molecule has 0 aromatic carbocycles. The lowest BCUT2D eigenvalue weighted by molar-refractivity contribution is -0.126. The van der Waals surface area contributed by atoms with Crippen LogP contribution in [0.3, 0.4) is 0 Å². The van der Waals surface area contributed by atoms with Gasteiger partial charge in [0, 0.05) is 20.2 Å². The molecule has 0 saturated carbocycles. The van der Waals surface area contributed by atoms with Crippen LogP contribution in [0.1, 0.15) is 6.42 Å². The maximum absolute atomic E-state index is 11.2. The first kappa shape index (κ1) is 12.4. The summed E-state index contributed by atoms with van der Waals surface area (Å²) < 4.78 is 10.1. The van der Waals surface area contributed by atoms with Crippen molar-refractivity contribution in [2.24, 2.45) is 5.92 Å². The normalized spacial score (nSPS) is 20.5. The van der Waals surface area contributed by atoms with Crippen molar-refractivity contribution in [1.29, 1.82) is 0 Å². The summed E-state index contributed by atoms with van der Waals surface area (Å²) >= 11 is 0. The molecule has 88 valence electrons. The van der Waals surface area contributed by atoms with Crippen LogP contribution in [-0.2, 0) is 14.3 Å². The summed E-state index contributed by atoms with van der Waals surface area (Å²) in [7, 11) is 1.61. The Balaban J connectivity index is 1.91. The largest absolute Gasteiger partial charge is 0.383 e. The van der Waals surface area contributed by atoms with E-state index in [1.807, 2.05) is 0 Å². The highest BCUT2D eigenvalue weighted by molar-refractivity contribution is 5.77. The number of nitrogens with one attached hydrogen (secondary N) is 2. The molecule has 1 aliphatic rings. The highest BCUT2D eigenvalue weighted by atomic mass is 16.5. The van der Waals surface area contributed by atoms with E-state index in [0.29, 0.717) is 25.7 Å². The Morgan fingerprint density at radius 2 is 2.47 bits per heavy atom. The molecule has 0 bridgehead atoms. The van der Waals surface area contributed by atoms with Gasteiger partial charge in [-0.15, -0.1) is 0 Å². The summed E-state index contributed by atoms with van der Waals surface area (Å²) in [5, 5.41) is 5.96. The van der Waals surface area contributed by atoms with Gasteiger partial charge in [-0.3, -0.25) is 4.79 Å². The van der Waals surface area contributed by atoms with Gasteiger partial charge < -0.3 is 20.1 Å². The zero-order chi connectivity index (χ0) is 10.9. The van der Waals surface area contributed by atoms with Crippen LogP contribution >= 0.6 is 0 Å². The van der Waals surface area contributed by atoms with Crippen molar-refractivity contribution in [3.63, 3.8) is 0 Å². The Bertz CT molecular complexity index is 182. The fourth-order valence-corrected chi connectivity index (χ4v) is 1.52. The third-order valence-corrected chi connectivity index (χ3v) is 2.38. The minimum atomic E-state index is -0.0713. The molecule has 1 aliphatic heterocycles. The minimum absolute atomic E-state index is 0.0713. The lowest BCUT2D eigenvalue weighted by Crippen LogP contribution is -2.31. The number of hydrogen-bond donors (Lipinski definition) is 2. The van der Waals surface area contributed by atoms with E-state index in [2.05, 4.69) is 10.6 Å². The van der Waals surface area contributed by atoms with Crippen molar-refractivity contribution >= 4 is 5.91 Å². The smallest absolute Gasteiger partial charge is 0.246 e. The van der Waals surface area contributed by atoms with Crippen LogP contribution in [0.2, 0.25) is 0 Å². The monoisotopic (exact) mass is 216 g/mol. The maximum atomic E-state index is 11.2. The molecule has 1 rings (SSSR count). The van der Waals surface area contributed by atoms with Gasteiger partial charge in [0.1, 0.15) is 6.61 Å². The van der Waals surface area contributed by atoms with Gasteiger partial charge in [0.15, 0.2) is 0 Å². The number of methoxy groups -OCH3 is 1. The minimum Gasteiger partial charge on any atom is -0.383 e. The van der Waals surface area contributed by atoms with Gasteiger partial charge in [-0.25, -0.2) is 0 Å². The molecule has 0 radical (unpaired) electrons. The zero-order valence-corrected chi connectivity index (χ0v) is 9.25. The van der Waals surface area contributed by atoms with Gasteiger partial charge in [0.2, 0.25) is 5.91 Å². The summed E-state index contributed by atoms with van der Waals surface area (Å²) in [5.74, 6) is 0.495. The van der Waals surface area contributed by atoms with E-state index >= 15 is 0 Å². The van der Waals surface area contributed by atoms with Crippen molar-refractivity contribution < 1.29 is 14.3 Å². The second-order valence-corrected chi connectivity index (χ2v) is 3.72. The molecule has 1 amide bonds. The van der Waals surface area contributed by atoms with Crippen molar-refractivity contribution in [2.45, 2.75) is 6.42 Å². The van der Waals surface area contributed by atoms with Crippen LogP contribution in [0.25, 0.3) is 0 Å². The number of carbonyl (C=O) groups excluding carboxylic acids is 1. The molecule has 5 nitrogen and oxygen atoms in total. The molecule has 0 spiro atoms. The predicted octanol–water partition coefficient (Wildman–Crippen LogP) is -0.625.